The second-order valence-electron chi connectivity index (χ2n) is 3.75. The monoisotopic (exact) mass is 271 g/mol. The fourth-order valence-corrected chi connectivity index (χ4v) is 2.58. The lowest BCUT2D eigenvalue weighted by Gasteiger charge is -2.19. The Morgan fingerprint density at radius 2 is 2.11 bits per heavy atom. The zero-order chi connectivity index (χ0) is 13.4. The number of hydrogen-bond acceptors (Lipinski definition) is 5. The van der Waals surface area contributed by atoms with E-state index in [0.29, 0.717) is 0 Å². The first-order valence-electron chi connectivity index (χ1n) is 5.84. The molecule has 1 aromatic carbocycles. The zero-order valence-electron chi connectivity index (χ0n) is 11.1. The number of hydrogen-bond donors (Lipinski definition) is 2. The van der Waals surface area contributed by atoms with Crippen LogP contribution in [0.1, 0.15) is 11.6 Å². The van der Waals surface area contributed by atoms with Crippen LogP contribution >= 0.6 is 11.8 Å². The largest absolute Gasteiger partial charge is 0.497 e. The van der Waals surface area contributed by atoms with Gasteiger partial charge in [0.1, 0.15) is 11.5 Å². The van der Waals surface area contributed by atoms with E-state index < -0.39 is 0 Å². The van der Waals surface area contributed by atoms with Crippen molar-refractivity contribution in [3.05, 3.63) is 23.8 Å². The van der Waals surface area contributed by atoms with E-state index in [1.54, 1.807) is 26.0 Å². The number of rotatable bonds is 8. The minimum Gasteiger partial charge on any atom is -0.497 e. The van der Waals surface area contributed by atoms with Crippen molar-refractivity contribution in [2.45, 2.75) is 6.04 Å². The molecule has 0 aliphatic carbocycles. The van der Waals surface area contributed by atoms with E-state index in [4.69, 9.17) is 14.6 Å². The highest BCUT2D eigenvalue weighted by Crippen LogP contribution is 2.30. The molecule has 1 rings (SSSR count). The van der Waals surface area contributed by atoms with Crippen LogP contribution in [0.3, 0.4) is 0 Å². The summed E-state index contributed by atoms with van der Waals surface area (Å²) in [6.07, 6.45) is 0. The second kappa shape index (κ2) is 8.24. The molecular formula is C13H21NO3S. The average Bonchev–Trinajstić information content (AvgIpc) is 2.43. The molecule has 0 bridgehead atoms. The second-order valence-corrected chi connectivity index (χ2v) is 4.90. The van der Waals surface area contributed by atoms with Gasteiger partial charge in [0.05, 0.1) is 20.8 Å². The Balaban J connectivity index is 2.87. The fourth-order valence-electron chi connectivity index (χ4n) is 1.71. The molecule has 0 aliphatic rings. The smallest absolute Gasteiger partial charge is 0.123 e. The van der Waals surface area contributed by atoms with Gasteiger partial charge in [-0.05, 0) is 25.2 Å². The fraction of sp³-hybridized carbons (Fsp3) is 0.538. The Bertz CT molecular complexity index is 360. The van der Waals surface area contributed by atoms with Gasteiger partial charge in [-0.25, -0.2) is 0 Å². The number of benzene rings is 1. The summed E-state index contributed by atoms with van der Waals surface area (Å²) in [5, 5.41) is 12.1. The van der Waals surface area contributed by atoms with Gasteiger partial charge in [0.2, 0.25) is 0 Å². The lowest BCUT2D eigenvalue weighted by molar-refractivity contribution is 0.322. The van der Waals surface area contributed by atoms with Gasteiger partial charge in [-0.15, -0.1) is 0 Å². The van der Waals surface area contributed by atoms with Crippen LogP contribution in [0, 0.1) is 0 Å². The third-order valence-corrected chi connectivity index (χ3v) is 3.72. The van der Waals surface area contributed by atoms with Gasteiger partial charge in [0.15, 0.2) is 0 Å². The summed E-state index contributed by atoms with van der Waals surface area (Å²) in [5.41, 5.74) is 1.07. The van der Waals surface area contributed by atoms with E-state index in [0.717, 1.165) is 28.6 Å². The molecule has 1 aromatic rings. The maximum atomic E-state index is 8.82. The first kappa shape index (κ1) is 15.1. The van der Waals surface area contributed by atoms with Crippen LogP contribution in [0.2, 0.25) is 0 Å². The minimum absolute atomic E-state index is 0.173. The third kappa shape index (κ3) is 4.08. The summed E-state index contributed by atoms with van der Waals surface area (Å²) < 4.78 is 10.6. The van der Waals surface area contributed by atoms with Crippen molar-refractivity contribution in [1.82, 2.24) is 5.32 Å². The normalized spacial score (nSPS) is 12.2. The van der Waals surface area contributed by atoms with Crippen LogP contribution in [0.25, 0.3) is 0 Å². The first-order valence-corrected chi connectivity index (χ1v) is 7.00. The molecule has 0 radical (unpaired) electrons. The number of thioether (sulfide) groups is 1. The van der Waals surface area contributed by atoms with Crippen LogP contribution in [0.15, 0.2) is 18.2 Å². The molecule has 0 saturated heterocycles. The van der Waals surface area contributed by atoms with Crippen LogP contribution in [-0.4, -0.2) is 44.5 Å². The quantitative estimate of drug-likeness (QED) is 0.705. The topological polar surface area (TPSA) is 50.7 Å². The van der Waals surface area contributed by atoms with Crippen LogP contribution in [0.4, 0.5) is 0 Å². The summed E-state index contributed by atoms with van der Waals surface area (Å²) in [6.45, 7) is 0.205. The summed E-state index contributed by atoms with van der Waals surface area (Å²) in [4.78, 5) is 0. The highest BCUT2D eigenvalue weighted by atomic mass is 32.2. The van der Waals surface area contributed by atoms with E-state index in [1.165, 1.54) is 0 Å². The molecule has 2 N–H and O–H groups in total. The van der Waals surface area contributed by atoms with E-state index in [1.807, 2.05) is 25.2 Å². The summed E-state index contributed by atoms with van der Waals surface area (Å²) in [5.74, 6) is 3.28. The molecule has 0 amide bonds. The average molecular weight is 271 g/mol. The van der Waals surface area contributed by atoms with Crippen molar-refractivity contribution < 1.29 is 14.6 Å². The summed E-state index contributed by atoms with van der Waals surface area (Å²) in [7, 11) is 5.24. The molecule has 0 spiro atoms. The molecule has 102 valence electrons. The Morgan fingerprint density at radius 1 is 1.33 bits per heavy atom. The molecule has 0 fully saturated rings. The summed E-state index contributed by atoms with van der Waals surface area (Å²) in [6, 6.07) is 5.96. The van der Waals surface area contributed by atoms with E-state index in [-0.39, 0.29) is 12.6 Å². The molecule has 0 heterocycles. The Labute approximate surface area is 113 Å². The molecule has 4 nitrogen and oxygen atoms in total. The molecule has 18 heavy (non-hydrogen) atoms. The number of aliphatic hydroxyl groups excluding tert-OH is 1. The number of methoxy groups -OCH3 is 2. The van der Waals surface area contributed by atoms with Gasteiger partial charge < -0.3 is 19.9 Å². The number of nitrogens with one attached hydrogen (secondary N) is 1. The van der Waals surface area contributed by atoms with Gasteiger partial charge >= 0.3 is 0 Å². The van der Waals surface area contributed by atoms with Gasteiger partial charge in [-0.1, -0.05) is 0 Å². The minimum atomic E-state index is 0.173. The Hall–Kier alpha value is -0.910. The maximum absolute atomic E-state index is 8.82. The van der Waals surface area contributed by atoms with Crippen LogP contribution < -0.4 is 14.8 Å². The third-order valence-electron chi connectivity index (χ3n) is 2.68. The molecule has 0 saturated carbocycles. The Morgan fingerprint density at radius 3 is 2.67 bits per heavy atom. The van der Waals surface area contributed by atoms with Crippen LogP contribution in [0.5, 0.6) is 11.5 Å². The van der Waals surface area contributed by atoms with Gasteiger partial charge in [-0.2, -0.15) is 11.8 Å². The van der Waals surface area contributed by atoms with E-state index in [2.05, 4.69) is 5.32 Å². The van der Waals surface area contributed by atoms with Crippen molar-refractivity contribution >= 4 is 11.8 Å². The van der Waals surface area contributed by atoms with Gasteiger partial charge in [-0.3, -0.25) is 0 Å². The number of ether oxygens (including phenoxy) is 2. The lowest BCUT2D eigenvalue weighted by Crippen LogP contribution is -2.20. The predicted molar refractivity (Wildman–Crippen MR) is 75.8 cm³/mol. The van der Waals surface area contributed by atoms with Crippen molar-refractivity contribution in [3.8, 4) is 11.5 Å². The molecule has 0 aliphatic heterocycles. The first-order chi connectivity index (χ1) is 8.76. The number of aliphatic hydroxyl groups is 1. The van der Waals surface area contributed by atoms with Gasteiger partial charge in [0, 0.05) is 23.1 Å². The van der Waals surface area contributed by atoms with Crippen molar-refractivity contribution in [2.24, 2.45) is 0 Å². The SMILES string of the molecule is CNC(CSCCO)c1cc(OC)ccc1OC. The molecule has 1 unspecified atom stereocenters. The molecular weight excluding hydrogens is 250 g/mol. The van der Waals surface area contributed by atoms with Gasteiger partial charge in [0.25, 0.3) is 0 Å². The standard InChI is InChI=1S/C13H21NO3S/c1-14-12(9-18-7-6-15)11-8-10(16-2)4-5-13(11)17-3/h4-5,8,12,14-15H,6-7,9H2,1-3H3. The Kier molecular flexibility index (Phi) is 6.93. The highest BCUT2D eigenvalue weighted by molar-refractivity contribution is 7.99. The van der Waals surface area contributed by atoms with E-state index >= 15 is 0 Å². The predicted octanol–water partition coefficient (Wildman–Crippen LogP) is 1.69. The zero-order valence-corrected chi connectivity index (χ0v) is 11.9. The van der Waals surface area contributed by atoms with Crippen molar-refractivity contribution in [3.63, 3.8) is 0 Å². The molecule has 5 heteroatoms. The highest BCUT2D eigenvalue weighted by Gasteiger charge is 2.15. The van der Waals surface area contributed by atoms with E-state index in [9.17, 15) is 0 Å². The molecule has 0 aromatic heterocycles. The van der Waals surface area contributed by atoms with Crippen molar-refractivity contribution in [1.29, 1.82) is 0 Å². The maximum Gasteiger partial charge on any atom is 0.123 e. The summed E-state index contributed by atoms with van der Waals surface area (Å²) >= 11 is 1.70. The van der Waals surface area contributed by atoms with Crippen LogP contribution in [-0.2, 0) is 0 Å². The lowest BCUT2D eigenvalue weighted by atomic mass is 10.1. The molecule has 1 atom stereocenters. The van der Waals surface area contributed by atoms with Crippen molar-refractivity contribution in [2.75, 3.05) is 39.4 Å².